The van der Waals surface area contributed by atoms with E-state index in [1.807, 2.05) is 0 Å². The van der Waals surface area contributed by atoms with Gasteiger partial charge in [-0.2, -0.15) is 13.2 Å². The summed E-state index contributed by atoms with van der Waals surface area (Å²) in [7, 11) is 5.35. The molecule has 0 aliphatic carbocycles. The van der Waals surface area contributed by atoms with E-state index in [2.05, 4.69) is 4.74 Å². The fourth-order valence-electron chi connectivity index (χ4n) is 0.794. The standard InChI is InChI=1S/C8H5BClF3O/c9-5-1-2-7(6(10)3-5)14-4-8(11,12)13/h1-3H,4H2. The quantitative estimate of drug-likeness (QED) is 0.693. The summed E-state index contributed by atoms with van der Waals surface area (Å²) in [6.45, 7) is -1.36. The van der Waals surface area contributed by atoms with E-state index in [-0.39, 0.29) is 10.8 Å². The van der Waals surface area contributed by atoms with Gasteiger partial charge in [0.15, 0.2) is 6.61 Å². The maximum atomic E-state index is 11.8. The fraction of sp³-hybridized carbons (Fsp3) is 0.250. The lowest BCUT2D eigenvalue weighted by Gasteiger charge is -2.10. The molecule has 0 spiro atoms. The van der Waals surface area contributed by atoms with Gasteiger partial charge in [0.1, 0.15) is 13.6 Å². The molecule has 0 saturated heterocycles. The van der Waals surface area contributed by atoms with E-state index < -0.39 is 12.8 Å². The lowest BCUT2D eigenvalue weighted by molar-refractivity contribution is -0.153. The highest BCUT2D eigenvalue weighted by atomic mass is 35.5. The van der Waals surface area contributed by atoms with Crippen LogP contribution in [0.25, 0.3) is 0 Å². The van der Waals surface area contributed by atoms with Gasteiger partial charge < -0.3 is 4.74 Å². The van der Waals surface area contributed by atoms with Gasteiger partial charge in [0, 0.05) is 0 Å². The largest absolute Gasteiger partial charge is 0.483 e. The van der Waals surface area contributed by atoms with Gasteiger partial charge in [0.05, 0.1) is 5.02 Å². The molecule has 74 valence electrons. The monoisotopic (exact) mass is 220 g/mol. The van der Waals surface area contributed by atoms with Gasteiger partial charge in [-0.25, -0.2) is 0 Å². The minimum absolute atomic E-state index is 0.0295. The van der Waals surface area contributed by atoms with Crippen molar-refractivity contribution in [3.05, 3.63) is 23.2 Å². The molecular weight excluding hydrogens is 215 g/mol. The number of rotatable bonds is 2. The number of hydrogen-bond donors (Lipinski definition) is 0. The summed E-state index contributed by atoms with van der Waals surface area (Å²) in [5.74, 6) is -0.0295. The van der Waals surface area contributed by atoms with Crippen molar-refractivity contribution in [3.63, 3.8) is 0 Å². The van der Waals surface area contributed by atoms with Crippen LogP contribution in [0, 0.1) is 0 Å². The van der Waals surface area contributed by atoms with Crippen molar-refractivity contribution in [1.82, 2.24) is 0 Å². The summed E-state index contributed by atoms with van der Waals surface area (Å²) in [6.07, 6.45) is -4.37. The van der Waals surface area contributed by atoms with E-state index in [9.17, 15) is 13.2 Å². The predicted octanol–water partition coefficient (Wildman–Crippen LogP) is 2.07. The highest BCUT2D eigenvalue weighted by Gasteiger charge is 2.28. The molecule has 6 heteroatoms. The van der Waals surface area contributed by atoms with Crippen LogP contribution in [-0.2, 0) is 0 Å². The Balaban J connectivity index is 2.68. The lowest BCUT2D eigenvalue weighted by Crippen LogP contribution is -2.19. The molecule has 1 rings (SSSR count). The van der Waals surface area contributed by atoms with E-state index in [0.29, 0.717) is 5.46 Å². The van der Waals surface area contributed by atoms with Crippen molar-refractivity contribution in [3.8, 4) is 5.75 Å². The van der Waals surface area contributed by atoms with E-state index in [0.717, 1.165) is 0 Å². The zero-order valence-electron chi connectivity index (χ0n) is 6.94. The molecule has 0 aliphatic heterocycles. The van der Waals surface area contributed by atoms with E-state index in [4.69, 9.17) is 19.4 Å². The molecule has 14 heavy (non-hydrogen) atoms. The molecule has 0 bridgehead atoms. The third-order valence-electron chi connectivity index (χ3n) is 1.35. The number of halogens is 4. The van der Waals surface area contributed by atoms with E-state index in [1.54, 1.807) is 0 Å². The summed E-state index contributed by atoms with van der Waals surface area (Å²) in [5.41, 5.74) is 0.370. The Labute approximate surface area is 85.2 Å². The topological polar surface area (TPSA) is 9.23 Å². The van der Waals surface area contributed by atoms with E-state index in [1.165, 1.54) is 18.2 Å². The second-order valence-corrected chi connectivity index (χ2v) is 3.00. The Hall–Kier alpha value is -0.835. The molecule has 0 aromatic heterocycles. The summed E-state index contributed by atoms with van der Waals surface area (Å²) < 4.78 is 39.7. The highest BCUT2D eigenvalue weighted by molar-refractivity contribution is 6.37. The van der Waals surface area contributed by atoms with Gasteiger partial charge in [0.2, 0.25) is 0 Å². The number of ether oxygens (including phenoxy) is 1. The van der Waals surface area contributed by atoms with Gasteiger partial charge >= 0.3 is 6.18 Å². The van der Waals surface area contributed by atoms with Gasteiger partial charge in [-0.15, -0.1) is 0 Å². The highest BCUT2D eigenvalue weighted by Crippen LogP contribution is 2.24. The molecule has 0 heterocycles. The maximum Gasteiger partial charge on any atom is 0.422 e. The second kappa shape index (κ2) is 4.13. The Kier molecular flexibility index (Phi) is 3.31. The minimum atomic E-state index is -4.37. The van der Waals surface area contributed by atoms with Gasteiger partial charge in [0.25, 0.3) is 0 Å². The zero-order valence-corrected chi connectivity index (χ0v) is 7.69. The summed E-state index contributed by atoms with van der Waals surface area (Å²) in [6, 6.07) is 4.04. The Bertz CT molecular complexity index is 327. The molecule has 0 atom stereocenters. The van der Waals surface area contributed by atoms with Gasteiger partial charge in [-0.1, -0.05) is 23.1 Å². The first-order chi connectivity index (χ1) is 6.38. The van der Waals surface area contributed by atoms with Crippen molar-refractivity contribution >= 4 is 24.9 Å². The molecule has 0 unspecified atom stereocenters. The second-order valence-electron chi connectivity index (χ2n) is 2.59. The average Bonchev–Trinajstić information content (AvgIpc) is 2.00. The molecule has 0 N–H and O–H groups in total. The van der Waals surface area contributed by atoms with Crippen LogP contribution in [0.5, 0.6) is 5.75 Å². The molecule has 1 aromatic carbocycles. The molecule has 1 aromatic rings. The average molecular weight is 220 g/mol. The van der Waals surface area contributed by atoms with Crippen LogP contribution in [0.1, 0.15) is 0 Å². The third-order valence-corrected chi connectivity index (χ3v) is 1.64. The number of hydrogen-bond acceptors (Lipinski definition) is 1. The van der Waals surface area contributed by atoms with Crippen LogP contribution >= 0.6 is 11.6 Å². The summed E-state index contributed by atoms with van der Waals surface area (Å²) in [5, 5.41) is 0.0641. The SMILES string of the molecule is [B]c1ccc(OCC(F)(F)F)c(Cl)c1. The fourth-order valence-corrected chi connectivity index (χ4v) is 1.04. The Morgan fingerprint density at radius 3 is 2.50 bits per heavy atom. The van der Waals surface area contributed by atoms with Crippen molar-refractivity contribution in [2.24, 2.45) is 0 Å². The number of benzene rings is 1. The van der Waals surface area contributed by atoms with Crippen molar-refractivity contribution in [2.75, 3.05) is 6.61 Å². The number of alkyl halides is 3. The first kappa shape index (κ1) is 11.2. The van der Waals surface area contributed by atoms with Gasteiger partial charge in [-0.3, -0.25) is 0 Å². The van der Waals surface area contributed by atoms with Crippen LogP contribution in [-0.4, -0.2) is 20.6 Å². The summed E-state index contributed by atoms with van der Waals surface area (Å²) in [4.78, 5) is 0. The first-order valence-electron chi connectivity index (χ1n) is 3.63. The third kappa shape index (κ3) is 3.50. The maximum absolute atomic E-state index is 11.8. The molecule has 0 aliphatic rings. The van der Waals surface area contributed by atoms with Crippen molar-refractivity contribution in [1.29, 1.82) is 0 Å². The predicted molar refractivity (Wildman–Crippen MR) is 48.4 cm³/mol. The van der Waals surface area contributed by atoms with Crippen LogP contribution in [0.2, 0.25) is 5.02 Å². The Morgan fingerprint density at radius 2 is 2.00 bits per heavy atom. The molecule has 1 nitrogen and oxygen atoms in total. The first-order valence-corrected chi connectivity index (χ1v) is 4.01. The van der Waals surface area contributed by atoms with Crippen LogP contribution in [0.15, 0.2) is 18.2 Å². The van der Waals surface area contributed by atoms with Gasteiger partial charge in [-0.05, 0) is 12.1 Å². The minimum Gasteiger partial charge on any atom is -0.483 e. The molecule has 0 saturated carbocycles. The lowest BCUT2D eigenvalue weighted by atomic mass is 9.97. The van der Waals surface area contributed by atoms with Crippen molar-refractivity contribution in [2.45, 2.75) is 6.18 Å². The van der Waals surface area contributed by atoms with Crippen LogP contribution in [0.4, 0.5) is 13.2 Å². The normalized spacial score (nSPS) is 11.4. The van der Waals surface area contributed by atoms with E-state index >= 15 is 0 Å². The van der Waals surface area contributed by atoms with Crippen LogP contribution < -0.4 is 10.2 Å². The molecule has 0 amide bonds. The Morgan fingerprint density at radius 1 is 1.36 bits per heavy atom. The van der Waals surface area contributed by atoms with Crippen LogP contribution in [0.3, 0.4) is 0 Å². The smallest absolute Gasteiger partial charge is 0.422 e. The zero-order chi connectivity index (χ0) is 10.8. The molecular formula is C8H5BClF3O. The molecule has 0 fully saturated rings. The molecule has 2 radical (unpaired) electrons. The van der Waals surface area contributed by atoms with Crippen molar-refractivity contribution < 1.29 is 17.9 Å². The summed E-state index contributed by atoms with van der Waals surface area (Å²) >= 11 is 5.59.